The first-order chi connectivity index (χ1) is 37.6. The average molecular weight is 1170 g/mol. The molecule has 440 valence electrons. The highest BCUT2D eigenvalue weighted by Crippen LogP contribution is 2.40. The number of nitrogen functional groups attached to an aromatic ring is 2. The van der Waals surface area contributed by atoms with Crippen LogP contribution < -0.4 is 38.1 Å². The highest BCUT2D eigenvalue weighted by atomic mass is 33.1. The van der Waals surface area contributed by atoms with E-state index in [0.717, 1.165) is 35.6 Å². The fourth-order valence-corrected chi connectivity index (χ4v) is 10.4. The maximum atomic E-state index is 13.9. The number of aliphatic hydroxyl groups excluding tert-OH is 5. The Morgan fingerprint density at radius 3 is 2.01 bits per heavy atom. The predicted molar refractivity (Wildman–Crippen MR) is 286 cm³/mol. The molecule has 2 aromatic heterocycles. The van der Waals surface area contributed by atoms with Crippen molar-refractivity contribution in [2.45, 2.75) is 126 Å². The zero-order chi connectivity index (χ0) is 60.0. The van der Waals surface area contributed by atoms with Crippen LogP contribution in [0.4, 0.5) is 17.5 Å². The highest BCUT2D eigenvalue weighted by molar-refractivity contribution is 8.77. The third-order valence-electron chi connectivity index (χ3n) is 12.0. The quantitative estimate of drug-likeness (QED) is 0.0219. The number of carbonyl (C=O) groups is 10. The molecule has 1 aromatic carbocycles. The lowest BCUT2D eigenvalue weighted by molar-refractivity contribution is -0.146. The van der Waals surface area contributed by atoms with Crippen molar-refractivity contribution in [3.05, 3.63) is 41.7 Å². The lowest BCUT2D eigenvalue weighted by Crippen LogP contribution is -2.54. The SMILES string of the molecule is COC(=O)[C@H](CSSC(C)(C)[C@H](NC(=O)[C@H](CCC(=O)NC[C@H](O)[C@@H](O)[C@H](O)[C@H](O)CO)CC(=O)[C@H](CCC(=O)O)NC(C)=O)C(=O)O)CC(=O)CC[C@H](NC(=O)c1ccc(NCc2cnc3nc(N)nc(N)c3n2)cc1)C(=O)O. The van der Waals surface area contributed by atoms with E-state index in [9.17, 15) is 83.7 Å². The summed E-state index contributed by atoms with van der Waals surface area (Å²) in [4.78, 5) is 144. The lowest BCUT2D eigenvalue weighted by atomic mass is 9.90. The Hall–Kier alpha value is -7.36. The summed E-state index contributed by atoms with van der Waals surface area (Å²) < 4.78 is 3.44. The fraction of sp³-hybridized carbons (Fsp3) is 0.542. The minimum absolute atomic E-state index is 0.0515. The second kappa shape index (κ2) is 32.0. The van der Waals surface area contributed by atoms with Crippen LogP contribution in [0, 0.1) is 11.8 Å². The van der Waals surface area contributed by atoms with E-state index in [-0.39, 0.29) is 53.6 Å². The van der Waals surface area contributed by atoms with Crippen molar-refractivity contribution in [1.29, 1.82) is 0 Å². The molecule has 0 aliphatic rings. The second-order valence-corrected chi connectivity index (χ2v) is 21.7. The minimum Gasteiger partial charge on any atom is -0.481 e. The number of carboxylic acids is 3. The maximum absolute atomic E-state index is 13.9. The third kappa shape index (κ3) is 21.7. The number of aromatic nitrogens is 4. The minimum atomic E-state index is -2.02. The maximum Gasteiger partial charge on any atom is 0.327 e. The van der Waals surface area contributed by atoms with Gasteiger partial charge < -0.3 is 83.6 Å². The molecular weight excluding hydrogens is 1100 g/mol. The molecule has 0 saturated heterocycles. The number of anilines is 3. The number of nitrogens with two attached hydrogens (primary N) is 2. The van der Waals surface area contributed by atoms with Gasteiger partial charge in [0, 0.05) is 68.5 Å². The van der Waals surface area contributed by atoms with Crippen LogP contribution in [0.2, 0.25) is 0 Å². The zero-order valence-corrected chi connectivity index (χ0v) is 45.5. The number of carboxylic acid groups (broad SMARTS) is 3. The molecule has 0 unspecified atom stereocenters. The first-order valence-corrected chi connectivity index (χ1v) is 26.9. The molecule has 0 aliphatic carbocycles. The van der Waals surface area contributed by atoms with E-state index in [1.54, 1.807) is 12.1 Å². The van der Waals surface area contributed by atoms with Crippen molar-refractivity contribution >= 4 is 109 Å². The summed E-state index contributed by atoms with van der Waals surface area (Å²) in [6.07, 6.45) is -10.1. The van der Waals surface area contributed by atoms with Crippen LogP contribution in [-0.4, -0.2) is 193 Å². The summed E-state index contributed by atoms with van der Waals surface area (Å²) in [6.45, 7) is 2.44. The first kappa shape index (κ1) is 66.9. The van der Waals surface area contributed by atoms with Gasteiger partial charge >= 0.3 is 23.9 Å². The number of aliphatic hydroxyl groups is 5. The van der Waals surface area contributed by atoms with E-state index in [4.69, 9.17) is 21.3 Å². The molecule has 2 heterocycles. The number of aliphatic carboxylic acids is 3. The van der Waals surface area contributed by atoms with Crippen LogP contribution in [0.3, 0.4) is 0 Å². The molecule has 0 saturated carbocycles. The van der Waals surface area contributed by atoms with Gasteiger partial charge in [-0.3, -0.25) is 38.4 Å². The Balaban J connectivity index is 1.64. The molecule has 9 atom stereocenters. The molecule has 0 aliphatic heterocycles. The molecule has 3 rings (SSSR count). The highest BCUT2D eigenvalue weighted by Gasteiger charge is 2.40. The van der Waals surface area contributed by atoms with Crippen LogP contribution in [0.1, 0.15) is 88.2 Å². The summed E-state index contributed by atoms with van der Waals surface area (Å²) in [5.74, 6) is -12.7. The topological polar surface area (TPSA) is 506 Å². The van der Waals surface area contributed by atoms with Crippen molar-refractivity contribution in [3.63, 3.8) is 0 Å². The molecule has 0 bridgehead atoms. The number of ketones is 2. The van der Waals surface area contributed by atoms with Crippen molar-refractivity contribution in [2.75, 3.05) is 42.8 Å². The van der Waals surface area contributed by atoms with Crippen molar-refractivity contribution in [1.82, 2.24) is 41.2 Å². The van der Waals surface area contributed by atoms with E-state index in [2.05, 4.69) is 46.5 Å². The van der Waals surface area contributed by atoms with Gasteiger partial charge in [0.25, 0.3) is 5.91 Å². The number of hydrogen-bond donors (Lipinski definition) is 15. The van der Waals surface area contributed by atoms with Crippen LogP contribution in [0.25, 0.3) is 11.2 Å². The smallest absolute Gasteiger partial charge is 0.327 e. The Morgan fingerprint density at radius 1 is 0.762 bits per heavy atom. The van der Waals surface area contributed by atoms with Crippen LogP contribution in [0.15, 0.2) is 30.5 Å². The van der Waals surface area contributed by atoms with Crippen molar-refractivity contribution in [2.24, 2.45) is 11.8 Å². The number of carbonyl (C=O) groups excluding carboxylic acids is 7. The van der Waals surface area contributed by atoms with Gasteiger partial charge in [0.15, 0.2) is 22.8 Å². The summed E-state index contributed by atoms with van der Waals surface area (Å²) in [7, 11) is 2.88. The number of amides is 4. The van der Waals surface area contributed by atoms with E-state index in [0.29, 0.717) is 11.4 Å². The van der Waals surface area contributed by atoms with Crippen LogP contribution >= 0.6 is 21.6 Å². The Morgan fingerprint density at radius 2 is 1.41 bits per heavy atom. The number of hydrogen-bond acceptors (Lipinski definition) is 25. The largest absolute Gasteiger partial charge is 0.481 e. The number of esters is 1. The normalized spacial score (nSPS) is 14.8. The van der Waals surface area contributed by atoms with Gasteiger partial charge in [0.2, 0.25) is 23.7 Å². The van der Waals surface area contributed by atoms with Crippen molar-refractivity contribution < 1.29 is 93.5 Å². The Bertz CT molecular complexity index is 2690. The number of nitrogens with zero attached hydrogens (tertiary/aromatic N) is 4. The second-order valence-electron chi connectivity index (χ2n) is 18.7. The summed E-state index contributed by atoms with van der Waals surface area (Å²) in [5.41, 5.74) is 13.1. The molecule has 30 nitrogen and oxygen atoms in total. The number of methoxy groups -OCH3 is 1. The number of nitrogens with one attached hydrogen (secondary N) is 5. The lowest BCUT2D eigenvalue weighted by Gasteiger charge is -2.32. The summed E-state index contributed by atoms with van der Waals surface area (Å²) in [6, 6.07) is 1.34. The molecule has 0 fully saturated rings. The predicted octanol–water partition coefficient (Wildman–Crippen LogP) is -2.09. The number of fused-ring (bicyclic) bond motifs is 1. The molecule has 0 spiro atoms. The molecular formula is C48H67N11O19S2. The van der Waals surface area contributed by atoms with E-state index in [1.807, 2.05) is 0 Å². The number of ether oxygens (including phenoxy) is 1. The molecule has 3 aromatic rings. The Labute approximate surface area is 464 Å². The fourth-order valence-electron chi connectivity index (χ4n) is 7.50. The number of Topliss-reactive ketones (excluding diaryl/α,β-unsaturated/α-hetero) is 2. The van der Waals surface area contributed by atoms with Gasteiger partial charge in [0.05, 0.1) is 55.0 Å². The third-order valence-corrected chi connectivity index (χ3v) is 15.4. The molecule has 32 heteroatoms. The average Bonchev–Trinajstić information content (AvgIpc) is 3.40. The first-order valence-electron chi connectivity index (χ1n) is 24.5. The summed E-state index contributed by atoms with van der Waals surface area (Å²) >= 11 is 0. The van der Waals surface area contributed by atoms with E-state index in [1.165, 1.54) is 32.2 Å². The van der Waals surface area contributed by atoms with Gasteiger partial charge in [-0.2, -0.15) is 9.97 Å². The van der Waals surface area contributed by atoms with Crippen LogP contribution in [0.5, 0.6) is 0 Å². The van der Waals surface area contributed by atoms with Gasteiger partial charge in [0.1, 0.15) is 36.2 Å². The molecule has 80 heavy (non-hydrogen) atoms. The molecule has 4 amide bonds. The van der Waals surface area contributed by atoms with Gasteiger partial charge in [-0.15, -0.1) is 0 Å². The van der Waals surface area contributed by atoms with Crippen LogP contribution in [-0.2, 0) is 54.4 Å². The monoisotopic (exact) mass is 1170 g/mol. The van der Waals surface area contributed by atoms with E-state index >= 15 is 0 Å². The standard InChI is InChI=1S/C48H67N11O19S2/c1-22(61)54-29(12-14-35(67)68)31(63)16-24(7-13-34(66)52-19-32(64)37(69)38(70)33(65)20-60)43(72)57-39(45(75)76)48(2,3)80-79-21-25(46(77)78-4)15-28(62)10-11-30(44(73)74)56-42(71)23-5-8-26(9-6-23)51-17-27-18-53-41-36(55-27)40(49)58-47(50)59-41/h5-6,8-9,18,24-25,29-30,32-33,37-39,51,60,64-65,69-70H,7,10-17,19-21H2,1-4H3,(H,52,66)(H,54,61)(H,56,71)(H,57,72)(H,67,68)(H,73,74)(H,75,76)(H4,49,50,53,58,59)/t24-,25+,29+,30+,32+,33-,37-,38-,39-/m1/s1. The van der Waals surface area contributed by atoms with Gasteiger partial charge in [-0.1, -0.05) is 21.6 Å². The zero-order valence-electron chi connectivity index (χ0n) is 43.9. The van der Waals surface area contributed by atoms with Gasteiger partial charge in [-0.05, 0) is 57.4 Å². The number of benzene rings is 1. The molecule has 17 N–H and O–H groups in total. The molecule has 0 radical (unpaired) electrons. The van der Waals surface area contributed by atoms with E-state index < -0.39 is 170 Å². The van der Waals surface area contributed by atoms with Gasteiger partial charge in [-0.25, -0.2) is 19.6 Å². The number of rotatable bonds is 36. The van der Waals surface area contributed by atoms with Crippen molar-refractivity contribution in [3.8, 4) is 0 Å². The summed E-state index contributed by atoms with van der Waals surface area (Å²) in [5, 5.41) is 90.7. The Kier molecular flexibility index (Phi) is 26.8.